The standard InChI is InChI=1S/C32H54O2/c1-3-5-7-10-27-13-15-29(16-14-27)12-9-25-33-31-21-23-32(24-22-31)34-26-30-19-17-28(18-20-30)11-8-6-4-2/h21-24,27-30H,3-20,25-26H2,1-2H3. The second kappa shape index (κ2) is 16.5. The molecule has 0 heterocycles. The van der Waals surface area contributed by atoms with Crippen LogP contribution in [0.4, 0.5) is 0 Å². The number of unbranched alkanes of at least 4 members (excludes halogenated alkanes) is 4. The molecule has 0 bridgehead atoms. The molecule has 3 rings (SSSR count). The van der Waals surface area contributed by atoms with Crippen molar-refractivity contribution in [2.75, 3.05) is 13.2 Å². The van der Waals surface area contributed by atoms with Gasteiger partial charge in [-0.25, -0.2) is 0 Å². The van der Waals surface area contributed by atoms with E-state index in [1.807, 2.05) is 0 Å². The predicted molar refractivity (Wildman–Crippen MR) is 146 cm³/mol. The third-order valence-corrected chi connectivity index (χ3v) is 8.70. The van der Waals surface area contributed by atoms with Crippen LogP contribution in [0.15, 0.2) is 24.3 Å². The van der Waals surface area contributed by atoms with Gasteiger partial charge in [-0.05, 0) is 73.6 Å². The maximum Gasteiger partial charge on any atom is 0.119 e. The predicted octanol–water partition coefficient (Wildman–Crippen LogP) is 10.00. The van der Waals surface area contributed by atoms with Crippen LogP contribution in [0.1, 0.15) is 129 Å². The Labute approximate surface area is 211 Å². The van der Waals surface area contributed by atoms with Gasteiger partial charge in [0.25, 0.3) is 0 Å². The van der Waals surface area contributed by atoms with E-state index in [1.165, 1.54) is 116 Å². The van der Waals surface area contributed by atoms with E-state index in [4.69, 9.17) is 9.47 Å². The Balaban J connectivity index is 1.21. The first-order valence-electron chi connectivity index (χ1n) is 15.1. The highest BCUT2D eigenvalue weighted by Crippen LogP contribution is 2.35. The normalized spacial score (nSPS) is 25.2. The molecule has 2 heteroatoms. The molecule has 0 amide bonds. The van der Waals surface area contributed by atoms with Crippen molar-refractivity contribution >= 4 is 0 Å². The zero-order valence-electron chi connectivity index (χ0n) is 22.6. The van der Waals surface area contributed by atoms with E-state index in [0.29, 0.717) is 0 Å². The number of hydrogen-bond acceptors (Lipinski definition) is 2. The minimum Gasteiger partial charge on any atom is -0.494 e. The highest BCUT2D eigenvalue weighted by atomic mass is 16.5. The fourth-order valence-corrected chi connectivity index (χ4v) is 6.27. The maximum absolute atomic E-state index is 6.12. The molecule has 0 saturated heterocycles. The largest absolute Gasteiger partial charge is 0.494 e. The van der Waals surface area contributed by atoms with E-state index in [0.717, 1.165) is 48.4 Å². The van der Waals surface area contributed by atoms with Crippen molar-refractivity contribution in [3.8, 4) is 11.5 Å². The molecule has 0 spiro atoms. The highest BCUT2D eigenvalue weighted by molar-refractivity contribution is 5.31. The summed E-state index contributed by atoms with van der Waals surface area (Å²) in [7, 11) is 0. The van der Waals surface area contributed by atoms with E-state index >= 15 is 0 Å². The van der Waals surface area contributed by atoms with Gasteiger partial charge in [-0.1, -0.05) is 104 Å². The van der Waals surface area contributed by atoms with Crippen molar-refractivity contribution in [1.82, 2.24) is 0 Å². The van der Waals surface area contributed by atoms with Crippen LogP contribution in [0.2, 0.25) is 0 Å². The molecule has 0 aliphatic heterocycles. The Bertz CT molecular complexity index is 608. The number of rotatable bonds is 16. The summed E-state index contributed by atoms with van der Waals surface area (Å²) in [6.45, 7) is 6.33. The molecule has 2 saturated carbocycles. The van der Waals surface area contributed by atoms with Gasteiger partial charge in [0.15, 0.2) is 0 Å². The number of ether oxygens (including phenoxy) is 2. The smallest absolute Gasteiger partial charge is 0.119 e. The van der Waals surface area contributed by atoms with Crippen LogP contribution in [-0.4, -0.2) is 13.2 Å². The van der Waals surface area contributed by atoms with Crippen LogP contribution in [0, 0.1) is 23.7 Å². The van der Waals surface area contributed by atoms with Crippen LogP contribution in [0.25, 0.3) is 0 Å². The molecule has 2 aliphatic carbocycles. The van der Waals surface area contributed by atoms with Gasteiger partial charge in [0.1, 0.15) is 11.5 Å². The fraction of sp³-hybridized carbons (Fsp3) is 0.812. The minimum atomic E-state index is 0.741. The van der Waals surface area contributed by atoms with Crippen LogP contribution in [-0.2, 0) is 0 Å². The lowest BCUT2D eigenvalue weighted by atomic mass is 9.78. The lowest BCUT2D eigenvalue weighted by Gasteiger charge is -2.28. The molecule has 194 valence electrons. The molecule has 0 aromatic heterocycles. The van der Waals surface area contributed by atoms with Crippen LogP contribution >= 0.6 is 0 Å². The first kappa shape index (κ1) is 27.4. The van der Waals surface area contributed by atoms with Gasteiger partial charge in [0, 0.05) is 0 Å². The van der Waals surface area contributed by atoms with Crippen LogP contribution in [0.5, 0.6) is 11.5 Å². The summed E-state index contributed by atoms with van der Waals surface area (Å²) in [5.74, 6) is 5.65. The van der Waals surface area contributed by atoms with E-state index in [1.54, 1.807) is 0 Å². The van der Waals surface area contributed by atoms with Crippen molar-refractivity contribution < 1.29 is 9.47 Å². The Kier molecular flexibility index (Phi) is 13.3. The van der Waals surface area contributed by atoms with Gasteiger partial charge in [0.2, 0.25) is 0 Å². The third kappa shape index (κ3) is 10.6. The molecule has 2 fully saturated rings. The lowest BCUT2D eigenvalue weighted by Crippen LogP contribution is -2.20. The van der Waals surface area contributed by atoms with E-state index in [9.17, 15) is 0 Å². The molecule has 0 atom stereocenters. The molecule has 0 radical (unpaired) electrons. The molecular weight excluding hydrogens is 416 g/mol. The van der Waals surface area contributed by atoms with Gasteiger partial charge in [-0.15, -0.1) is 0 Å². The number of hydrogen-bond donors (Lipinski definition) is 0. The molecular formula is C32H54O2. The lowest BCUT2D eigenvalue weighted by molar-refractivity contribution is 0.177. The SMILES string of the molecule is CCCCCC1CCC(CCCOc2ccc(OCC3CCC(CCCCC)CC3)cc2)CC1. The molecule has 2 aliphatic rings. The third-order valence-electron chi connectivity index (χ3n) is 8.70. The van der Waals surface area contributed by atoms with E-state index in [2.05, 4.69) is 38.1 Å². The summed E-state index contributed by atoms with van der Waals surface area (Å²) >= 11 is 0. The summed E-state index contributed by atoms with van der Waals surface area (Å²) in [5.41, 5.74) is 0. The van der Waals surface area contributed by atoms with Gasteiger partial charge in [-0.2, -0.15) is 0 Å². The van der Waals surface area contributed by atoms with E-state index in [-0.39, 0.29) is 0 Å². The fourth-order valence-electron chi connectivity index (χ4n) is 6.27. The quantitative estimate of drug-likeness (QED) is 0.224. The maximum atomic E-state index is 6.12. The minimum absolute atomic E-state index is 0.741. The molecule has 1 aromatic rings. The Hall–Kier alpha value is -1.18. The van der Waals surface area contributed by atoms with Crippen molar-refractivity contribution in [2.24, 2.45) is 23.7 Å². The van der Waals surface area contributed by atoms with Crippen molar-refractivity contribution in [3.05, 3.63) is 24.3 Å². The summed E-state index contributed by atoms with van der Waals surface area (Å²) in [6.07, 6.45) is 25.2. The molecule has 2 nitrogen and oxygen atoms in total. The first-order valence-corrected chi connectivity index (χ1v) is 15.1. The Morgan fingerprint density at radius 3 is 1.41 bits per heavy atom. The second-order valence-corrected chi connectivity index (χ2v) is 11.5. The van der Waals surface area contributed by atoms with Crippen molar-refractivity contribution in [1.29, 1.82) is 0 Å². The van der Waals surface area contributed by atoms with Crippen LogP contribution < -0.4 is 9.47 Å². The van der Waals surface area contributed by atoms with Gasteiger partial charge in [-0.3, -0.25) is 0 Å². The topological polar surface area (TPSA) is 18.5 Å². The average Bonchev–Trinajstić information content (AvgIpc) is 2.88. The first-order chi connectivity index (χ1) is 16.8. The van der Waals surface area contributed by atoms with Crippen LogP contribution in [0.3, 0.4) is 0 Å². The molecule has 0 N–H and O–H groups in total. The van der Waals surface area contributed by atoms with Gasteiger partial charge >= 0.3 is 0 Å². The molecule has 1 aromatic carbocycles. The summed E-state index contributed by atoms with van der Waals surface area (Å²) in [5, 5.41) is 0. The average molecular weight is 471 g/mol. The highest BCUT2D eigenvalue weighted by Gasteiger charge is 2.22. The van der Waals surface area contributed by atoms with Crippen molar-refractivity contribution in [2.45, 2.75) is 129 Å². The Morgan fingerprint density at radius 2 is 0.941 bits per heavy atom. The zero-order valence-corrected chi connectivity index (χ0v) is 22.6. The van der Waals surface area contributed by atoms with Gasteiger partial charge in [0.05, 0.1) is 13.2 Å². The van der Waals surface area contributed by atoms with Crippen molar-refractivity contribution in [3.63, 3.8) is 0 Å². The second-order valence-electron chi connectivity index (χ2n) is 11.5. The van der Waals surface area contributed by atoms with Gasteiger partial charge < -0.3 is 9.47 Å². The monoisotopic (exact) mass is 470 g/mol. The number of benzene rings is 1. The summed E-state index contributed by atoms with van der Waals surface area (Å²) < 4.78 is 12.2. The molecule has 34 heavy (non-hydrogen) atoms. The molecule has 0 unspecified atom stereocenters. The summed E-state index contributed by atoms with van der Waals surface area (Å²) in [4.78, 5) is 0. The zero-order chi connectivity index (χ0) is 23.8. The summed E-state index contributed by atoms with van der Waals surface area (Å²) in [6, 6.07) is 8.35. The Morgan fingerprint density at radius 1 is 0.529 bits per heavy atom. The van der Waals surface area contributed by atoms with E-state index < -0.39 is 0 Å².